The molecule has 0 bridgehead atoms. The van der Waals surface area contributed by atoms with E-state index in [4.69, 9.17) is 16.0 Å². The summed E-state index contributed by atoms with van der Waals surface area (Å²) in [6, 6.07) is 28.8. The van der Waals surface area contributed by atoms with Crippen molar-refractivity contribution < 1.29 is 23.7 Å². The predicted molar refractivity (Wildman–Crippen MR) is 164 cm³/mol. The minimum Gasteiger partial charge on any atom is -0.457 e. The van der Waals surface area contributed by atoms with Crippen molar-refractivity contribution in [2.45, 2.75) is 0 Å². The number of furan rings is 1. The molecule has 0 unspecified atom stereocenters. The van der Waals surface area contributed by atoms with Gasteiger partial charge in [-0.15, -0.1) is 0 Å². The maximum Gasteiger partial charge on any atom is 0.269 e. The van der Waals surface area contributed by atoms with Gasteiger partial charge in [0, 0.05) is 51.2 Å². The van der Waals surface area contributed by atoms with Gasteiger partial charge in [-0.05, 0) is 72.8 Å². The van der Waals surface area contributed by atoms with Gasteiger partial charge < -0.3 is 15.1 Å². The molecule has 0 atom stereocenters. The van der Waals surface area contributed by atoms with Crippen LogP contribution in [0.25, 0.3) is 17.4 Å². The van der Waals surface area contributed by atoms with E-state index in [0.717, 1.165) is 0 Å². The van der Waals surface area contributed by atoms with Crippen LogP contribution in [0.5, 0.6) is 0 Å². The summed E-state index contributed by atoms with van der Waals surface area (Å²) in [5.74, 6) is -0.374. The number of nitro benzene ring substituents is 1. The first-order valence-electron chi connectivity index (χ1n) is 12.9. The van der Waals surface area contributed by atoms with Crippen molar-refractivity contribution in [1.29, 1.82) is 0 Å². The number of carbonyl (C=O) groups excluding carboxylic acids is 3. The number of nitro groups is 1. The van der Waals surface area contributed by atoms with Gasteiger partial charge in [0.1, 0.15) is 11.5 Å². The van der Waals surface area contributed by atoms with Crippen molar-refractivity contribution in [3.05, 3.63) is 153 Å². The third kappa shape index (κ3) is 7.10. The van der Waals surface area contributed by atoms with Crippen LogP contribution in [0.3, 0.4) is 0 Å². The van der Waals surface area contributed by atoms with Crippen LogP contribution in [0.4, 0.5) is 17.1 Å². The Morgan fingerprint density at radius 2 is 1.51 bits per heavy atom. The molecular weight excluding hydrogens is 570 g/mol. The number of non-ortho nitro benzene ring substituents is 1. The van der Waals surface area contributed by atoms with E-state index in [0.29, 0.717) is 38.9 Å². The Balaban J connectivity index is 1.33. The number of ketones is 1. The summed E-state index contributed by atoms with van der Waals surface area (Å²) < 4.78 is 5.74. The van der Waals surface area contributed by atoms with Gasteiger partial charge >= 0.3 is 0 Å². The van der Waals surface area contributed by atoms with Crippen molar-refractivity contribution in [2.24, 2.45) is 0 Å². The molecule has 0 radical (unpaired) electrons. The van der Waals surface area contributed by atoms with Crippen LogP contribution in [0.2, 0.25) is 5.02 Å². The number of nitrogens with zero attached hydrogens (tertiary/aromatic N) is 1. The van der Waals surface area contributed by atoms with Crippen molar-refractivity contribution in [1.82, 2.24) is 0 Å². The molecule has 0 aliphatic heterocycles. The molecule has 1 heterocycles. The molecule has 0 saturated heterocycles. The molecule has 212 valence electrons. The van der Waals surface area contributed by atoms with E-state index < -0.39 is 16.7 Å². The van der Waals surface area contributed by atoms with E-state index in [1.807, 2.05) is 0 Å². The second-order valence-corrected chi connectivity index (χ2v) is 9.68. The van der Waals surface area contributed by atoms with Gasteiger partial charge in [0.05, 0.1) is 10.6 Å². The van der Waals surface area contributed by atoms with Crippen LogP contribution < -0.4 is 10.6 Å². The molecule has 4 aromatic carbocycles. The third-order valence-corrected chi connectivity index (χ3v) is 6.56. The van der Waals surface area contributed by atoms with Crippen LogP contribution in [0.15, 0.2) is 120 Å². The largest absolute Gasteiger partial charge is 0.457 e. The first kappa shape index (κ1) is 28.7. The van der Waals surface area contributed by atoms with Gasteiger partial charge in [-0.25, -0.2) is 0 Å². The van der Waals surface area contributed by atoms with Crippen LogP contribution in [-0.2, 0) is 4.79 Å². The minimum absolute atomic E-state index is 0.0299. The first-order valence-corrected chi connectivity index (χ1v) is 13.3. The van der Waals surface area contributed by atoms with E-state index in [1.54, 1.807) is 91.0 Å². The molecule has 2 N–H and O–H groups in total. The molecule has 0 fully saturated rings. The van der Waals surface area contributed by atoms with E-state index in [-0.39, 0.29) is 22.7 Å². The zero-order valence-electron chi connectivity index (χ0n) is 22.3. The number of nitrogens with one attached hydrogen (secondary N) is 2. The minimum atomic E-state index is -0.482. The Hall–Kier alpha value is -5.80. The normalized spacial score (nSPS) is 10.8. The maximum absolute atomic E-state index is 13.4. The zero-order chi connectivity index (χ0) is 30.3. The number of rotatable bonds is 9. The Kier molecular flexibility index (Phi) is 8.55. The fourth-order valence-electron chi connectivity index (χ4n) is 4.15. The fourth-order valence-corrected chi connectivity index (χ4v) is 4.27. The molecule has 0 aliphatic rings. The first-order chi connectivity index (χ1) is 20.8. The monoisotopic (exact) mass is 591 g/mol. The molecule has 5 aromatic rings. The highest BCUT2D eigenvalue weighted by atomic mass is 35.5. The zero-order valence-corrected chi connectivity index (χ0v) is 23.1. The smallest absolute Gasteiger partial charge is 0.269 e. The molecule has 0 spiro atoms. The SMILES string of the molecule is O=C(/C=C/c1ccc(-c2ccc([N+](=O)[O-])cc2)o1)Nc1ccc(NC(=O)c2ccc(Cl)cc2)c(C(=O)c2ccccc2)c1. The molecule has 9 nitrogen and oxygen atoms in total. The Labute approximate surface area is 250 Å². The van der Waals surface area contributed by atoms with Crippen LogP contribution >= 0.6 is 11.6 Å². The van der Waals surface area contributed by atoms with Gasteiger partial charge in [-0.3, -0.25) is 24.5 Å². The summed E-state index contributed by atoms with van der Waals surface area (Å²) in [4.78, 5) is 49.4. The Morgan fingerprint density at radius 3 is 2.21 bits per heavy atom. The van der Waals surface area contributed by atoms with Crippen LogP contribution in [-0.4, -0.2) is 22.5 Å². The lowest BCUT2D eigenvalue weighted by Crippen LogP contribution is -2.16. The van der Waals surface area contributed by atoms with Gasteiger partial charge in [0.15, 0.2) is 5.78 Å². The van der Waals surface area contributed by atoms with Crippen molar-refractivity contribution >= 4 is 52.3 Å². The van der Waals surface area contributed by atoms with E-state index >= 15 is 0 Å². The van der Waals surface area contributed by atoms with Gasteiger partial charge in [-0.2, -0.15) is 0 Å². The summed E-state index contributed by atoms with van der Waals surface area (Å²) >= 11 is 5.93. The topological polar surface area (TPSA) is 132 Å². The fraction of sp³-hybridized carbons (Fsp3) is 0. The van der Waals surface area contributed by atoms with Crippen molar-refractivity contribution in [3.8, 4) is 11.3 Å². The number of anilines is 2. The number of hydrogen-bond acceptors (Lipinski definition) is 6. The lowest BCUT2D eigenvalue weighted by molar-refractivity contribution is -0.384. The summed E-state index contributed by atoms with van der Waals surface area (Å²) in [7, 11) is 0. The highest BCUT2D eigenvalue weighted by Crippen LogP contribution is 2.27. The summed E-state index contributed by atoms with van der Waals surface area (Å²) in [5, 5.41) is 16.9. The molecule has 2 amide bonds. The third-order valence-electron chi connectivity index (χ3n) is 6.31. The van der Waals surface area contributed by atoms with Crippen LogP contribution in [0, 0.1) is 10.1 Å². The van der Waals surface area contributed by atoms with Crippen molar-refractivity contribution in [2.75, 3.05) is 10.6 Å². The van der Waals surface area contributed by atoms with E-state index in [9.17, 15) is 24.5 Å². The highest BCUT2D eigenvalue weighted by Gasteiger charge is 2.18. The van der Waals surface area contributed by atoms with Gasteiger partial charge in [0.2, 0.25) is 5.91 Å². The molecule has 5 rings (SSSR count). The molecule has 0 aliphatic carbocycles. The van der Waals surface area contributed by atoms with Crippen molar-refractivity contribution in [3.63, 3.8) is 0 Å². The summed E-state index contributed by atoms with van der Waals surface area (Å²) in [5.41, 5.74) is 2.19. The second-order valence-electron chi connectivity index (χ2n) is 9.25. The van der Waals surface area contributed by atoms with E-state index in [2.05, 4.69) is 10.6 Å². The average molecular weight is 592 g/mol. The lowest BCUT2D eigenvalue weighted by Gasteiger charge is -2.13. The molecule has 1 aromatic heterocycles. The lowest BCUT2D eigenvalue weighted by atomic mass is 10.0. The molecular formula is C33H22ClN3O6. The van der Waals surface area contributed by atoms with Gasteiger partial charge in [0.25, 0.3) is 11.6 Å². The predicted octanol–water partition coefficient (Wildman–Crippen LogP) is 7.64. The van der Waals surface area contributed by atoms with E-state index in [1.165, 1.54) is 30.4 Å². The quantitative estimate of drug-likeness (QED) is 0.0783. The summed E-state index contributed by atoms with van der Waals surface area (Å²) in [6.07, 6.45) is 2.74. The average Bonchev–Trinajstić information content (AvgIpc) is 3.50. The number of carbonyl (C=O) groups is 3. The van der Waals surface area contributed by atoms with Gasteiger partial charge in [-0.1, -0.05) is 41.9 Å². The molecule has 10 heteroatoms. The van der Waals surface area contributed by atoms with Crippen LogP contribution in [0.1, 0.15) is 32.0 Å². The number of halogens is 1. The summed E-state index contributed by atoms with van der Waals surface area (Å²) in [6.45, 7) is 0. The molecule has 43 heavy (non-hydrogen) atoms. The molecule has 0 saturated carbocycles. The maximum atomic E-state index is 13.4. The Bertz CT molecular complexity index is 1850. The number of hydrogen-bond donors (Lipinski definition) is 2. The standard InChI is InChI=1S/C33H22ClN3O6/c34-24-10-6-23(7-11-24)33(40)36-29-17-12-25(20-28(29)32(39)22-4-2-1-3-5-22)35-31(38)19-16-27-15-18-30(43-27)21-8-13-26(14-9-21)37(41)42/h1-20H,(H,35,38)(H,36,40)/b19-16+. The number of amides is 2. The second kappa shape index (κ2) is 12.8. The highest BCUT2D eigenvalue weighted by molar-refractivity contribution is 6.30. The number of benzene rings is 4. The Morgan fingerprint density at radius 1 is 0.791 bits per heavy atom.